The Balaban J connectivity index is 1.53. The van der Waals surface area contributed by atoms with Gasteiger partial charge in [-0.15, -0.1) is 0 Å². The number of fused-ring (bicyclic) bond motifs is 5. The number of nitrogens with two attached hydrogens (primary N) is 2. The van der Waals surface area contributed by atoms with E-state index in [4.69, 9.17) is 20.9 Å². The van der Waals surface area contributed by atoms with E-state index < -0.39 is 60.4 Å². The van der Waals surface area contributed by atoms with E-state index in [0.717, 1.165) is 16.0 Å². The van der Waals surface area contributed by atoms with Crippen LogP contribution in [-0.2, 0) is 31.0 Å². The molecule has 1 aliphatic heterocycles. The molecule has 3 aromatic carbocycles. The molecule has 0 aliphatic carbocycles. The molecular weight excluding hydrogens is 813 g/mol. The molecule has 4 atom stereocenters. The summed E-state index contributed by atoms with van der Waals surface area (Å²) in [4.78, 5) is 77.6. The van der Waals surface area contributed by atoms with E-state index in [-0.39, 0.29) is 77.6 Å². The molecule has 0 unspecified atom stereocenters. The molecule has 1 aliphatic rings. The van der Waals surface area contributed by atoms with Gasteiger partial charge in [0.25, 0.3) is 5.91 Å². The van der Waals surface area contributed by atoms with Crippen molar-refractivity contribution in [2.45, 2.75) is 77.1 Å². The zero-order chi connectivity index (χ0) is 46.2. The van der Waals surface area contributed by atoms with Crippen LogP contribution in [-0.4, -0.2) is 118 Å². The van der Waals surface area contributed by atoms with E-state index in [0.29, 0.717) is 23.5 Å². The molecule has 4 bridgehead atoms. The number of phenols is 1. The molecule has 10 N–H and O–H groups in total. The Morgan fingerprint density at radius 3 is 2.33 bits per heavy atom. The molecule has 0 spiro atoms. The second-order valence-corrected chi connectivity index (χ2v) is 16.4. The van der Waals surface area contributed by atoms with Crippen LogP contribution in [0, 0.1) is 6.92 Å². The molecular formula is C45H56N8O10. The van der Waals surface area contributed by atoms with Crippen LogP contribution >= 0.6 is 0 Å². The van der Waals surface area contributed by atoms with E-state index in [1.54, 1.807) is 19.1 Å². The highest BCUT2D eigenvalue weighted by Gasteiger charge is 2.34. The number of likely N-dealkylation sites (N-methyl/N-ethyl adjacent to an activating group) is 1. The molecule has 5 rings (SSSR count). The van der Waals surface area contributed by atoms with Gasteiger partial charge in [-0.2, -0.15) is 0 Å². The lowest BCUT2D eigenvalue weighted by atomic mass is 9.87. The average Bonchev–Trinajstić information content (AvgIpc) is 3.24. The zero-order valence-corrected chi connectivity index (χ0v) is 36.2. The number of hydrogen-bond donors (Lipinski definition) is 8. The van der Waals surface area contributed by atoms with Crippen LogP contribution in [0.4, 0.5) is 0 Å². The highest BCUT2D eigenvalue weighted by molar-refractivity contribution is 5.98. The molecule has 4 amide bonds. The summed E-state index contributed by atoms with van der Waals surface area (Å²) in [7, 11) is 1.33. The first-order valence-corrected chi connectivity index (χ1v) is 20.5. The number of ether oxygens (including phenoxy) is 2. The lowest BCUT2D eigenvalue weighted by Gasteiger charge is -2.30. The number of carbonyl (C=O) groups excluding carboxylic acids is 4. The number of aliphatic hydroxyl groups is 1. The summed E-state index contributed by atoms with van der Waals surface area (Å²) in [5.41, 5.74) is 14.5. The van der Waals surface area contributed by atoms with Gasteiger partial charge >= 0.3 is 5.97 Å². The fraction of sp³-hybridized carbons (Fsp3) is 0.400. The lowest BCUT2D eigenvalue weighted by Crippen LogP contribution is -2.53. The van der Waals surface area contributed by atoms with E-state index >= 15 is 0 Å². The Kier molecular flexibility index (Phi) is 15.4. The molecule has 0 saturated carbocycles. The Labute approximate surface area is 365 Å². The van der Waals surface area contributed by atoms with Crippen LogP contribution in [0.5, 0.6) is 17.2 Å². The Bertz CT molecular complexity index is 2330. The second-order valence-electron chi connectivity index (χ2n) is 16.4. The summed E-state index contributed by atoms with van der Waals surface area (Å²) in [5.74, 6) is -4.32. The molecule has 0 fully saturated rings. The maximum atomic E-state index is 14.3. The van der Waals surface area contributed by atoms with Crippen molar-refractivity contribution >= 4 is 29.6 Å². The largest absolute Gasteiger partial charge is 0.504 e. The maximum Gasteiger partial charge on any atom is 0.326 e. The second kappa shape index (κ2) is 20.5. The van der Waals surface area contributed by atoms with Crippen LogP contribution < -0.4 is 36.9 Å². The van der Waals surface area contributed by atoms with Gasteiger partial charge in [0.05, 0.1) is 24.4 Å². The summed E-state index contributed by atoms with van der Waals surface area (Å²) in [6.45, 7) is 8.71. The molecule has 4 aromatic rings. The quantitative estimate of drug-likeness (QED) is 0.0844. The molecule has 0 saturated heterocycles. The van der Waals surface area contributed by atoms with Crippen LogP contribution in [0.2, 0.25) is 0 Å². The van der Waals surface area contributed by atoms with Crippen molar-refractivity contribution in [3.63, 3.8) is 0 Å². The van der Waals surface area contributed by atoms with Crippen molar-refractivity contribution in [1.82, 2.24) is 30.8 Å². The van der Waals surface area contributed by atoms with Gasteiger partial charge < -0.3 is 57.1 Å². The van der Waals surface area contributed by atoms with Crippen molar-refractivity contribution in [2.75, 3.05) is 39.9 Å². The zero-order valence-electron chi connectivity index (χ0n) is 36.2. The minimum atomic E-state index is -1.53. The summed E-state index contributed by atoms with van der Waals surface area (Å²) < 4.78 is 11.9. The number of carboxylic acids is 1. The number of nitrogens with one attached hydrogen (secondary N) is 3. The Hall–Kier alpha value is -6.63. The summed E-state index contributed by atoms with van der Waals surface area (Å²) in [6, 6.07) is 11.0. The van der Waals surface area contributed by atoms with Crippen molar-refractivity contribution in [3.05, 3.63) is 88.7 Å². The molecule has 2 heterocycles. The number of phenolic OH excluding ortho intramolecular Hbond substituents is 1. The number of carboxylic acid groups (broad SMARTS) is 1. The molecule has 18 nitrogen and oxygen atoms in total. The summed E-state index contributed by atoms with van der Waals surface area (Å²) in [6.07, 6.45) is 0.509. The molecule has 0 radical (unpaired) electrons. The van der Waals surface area contributed by atoms with Crippen LogP contribution in [0.1, 0.15) is 72.9 Å². The molecule has 63 heavy (non-hydrogen) atoms. The van der Waals surface area contributed by atoms with Gasteiger partial charge in [0.1, 0.15) is 36.6 Å². The number of amides is 4. The fourth-order valence-corrected chi connectivity index (χ4v) is 6.77. The van der Waals surface area contributed by atoms with E-state index in [1.807, 2.05) is 24.3 Å². The summed E-state index contributed by atoms with van der Waals surface area (Å²) in [5, 5.41) is 39.7. The van der Waals surface area contributed by atoms with Crippen molar-refractivity contribution in [2.24, 2.45) is 11.5 Å². The average molecular weight is 869 g/mol. The molecule has 1 aromatic heterocycles. The first-order valence-electron chi connectivity index (χ1n) is 20.5. The Morgan fingerprint density at radius 1 is 0.984 bits per heavy atom. The highest BCUT2D eigenvalue weighted by Crippen LogP contribution is 2.44. The number of aromatic nitrogens is 2. The van der Waals surface area contributed by atoms with E-state index in [1.165, 1.54) is 38.4 Å². The smallest absolute Gasteiger partial charge is 0.326 e. The number of rotatable bonds is 14. The highest BCUT2D eigenvalue weighted by atomic mass is 16.5. The SMILES string of the molecule is Cc1nc(-c2ccc(C(C)(C)C)cc2)ncc1C(=O)NCC(=O)N(C)[C@@H]1C(=O)N[C@@H](C)C(=O)N[C@H](C(=O)O)Cc2ccc(OC[C@H](O)CN)c(c2)-c2cc1cc(OCCCN)c2O. The third-order valence-electron chi connectivity index (χ3n) is 10.5. The number of nitrogens with zero attached hydrogens (tertiary/aromatic N) is 3. The topological polar surface area (TPSA) is 282 Å². The number of aryl methyl sites for hydroxylation is 1. The summed E-state index contributed by atoms with van der Waals surface area (Å²) >= 11 is 0. The fourth-order valence-electron chi connectivity index (χ4n) is 6.77. The van der Waals surface area contributed by atoms with Gasteiger partial charge in [-0.05, 0) is 73.2 Å². The predicted octanol–water partition coefficient (Wildman–Crippen LogP) is 2.11. The van der Waals surface area contributed by atoms with E-state index in [2.05, 4.69) is 46.7 Å². The number of aliphatic carboxylic acids is 1. The van der Waals surface area contributed by atoms with Crippen LogP contribution in [0.25, 0.3) is 22.5 Å². The number of aromatic hydroxyl groups is 1. The monoisotopic (exact) mass is 868 g/mol. The van der Waals surface area contributed by atoms with E-state index in [9.17, 15) is 39.3 Å². The lowest BCUT2D eigenvalue weighted by molar-refractivity contribution is -0.142. The Morgan fingerprint density at radius 2 is 1.70 bits per heavy atom. The van der Waals surface area contributed by atoms with Gasteiger partial charge in [-0.1, -0.05) is 51.1 Å². The van der Waals surface area contributed by atoms with Crippen molar-refractivity contribution in [1.29, 1.82) is 0 Å². The molecule has 18 heteroatoms. The first kappa shape index (κ1) is 47.4. The van der Waals surface area contributed by atoms with Crippen LogP contribution in [0.3, 0.4) is 0 Å². The van der Waals surface area contributed by atoms with Gasteiger partial charge in [-0.3, -0.25) is 19.2 Å². The minimum Gasteiger partial charge on any atom is -0.504 e. The molecule has 336 valence electrons. The first-order chi connectivity index (χ1) is 29.8. The minimum absolute atomic E-state index is 0.0434. The van der Waals surface area contributed by atoms with Crippen LogP contribution in [0.15, 0.2) is 60.8 Å². The van der Waals surface area contributed by atoms with Gasteiger partial charge in [0.15, 0.2) is 17.3 Å². The third kappa shape index (κ3) is 11.6. The van der Waals surface area contributed by atoms with Gasteiger partial charge in [0.2, 0.25) is 17.7 Å². The predicted molar refractivity (Wildman–Crippen MR) is 233 cm³/mol. The normalized spacial score (nSPS) is 17.1. The van der Waals surface area contributed by atoms with Crippen molar-refractivity contribution < 1.29 is 48.8 Å². The standard InChI is InChI=1S/C45H56N8O10/c1-24-33(21-48-40(50-24)27-9-11-29(12-10-27)45(3,4)5)42(58)49-22-37(55)53(6)38-28-18-32(39(56)36(19-28)62-15-7-14-46)31-16-26(8-13-35(31)63-23-30(54)20-47)17-34(44(60)61)52-41(57)25(2)51-43(38)59/h8-13,16,18-19,21,25,30,34,38,54,56H,7,14-15,17,20,22-23,46-47H2,1-6H3,(H,49,58)(H,51,59)(H,52,57)(H,60,61)/t25-,30+,34-,38-/m0/s1. The number of aliphatic hydroxyl groups excluding tert-OH is 1. The number of carbonyl (C=O) groups is 5. The van der Waals surface area contributed by atoms with Crippen molar-refractivity contribution in [3.8, 4) is 39.8 Å². The third-order valence-corrected chi connectivity index (χ3v) is 10.5. The van der Waals surface area contributed by atoms with Gasteiger partial charge in [0, 0.05) is 42.9 Å². The van der Waals surface area contributed by atoms with Gasteiger partial charge in [-0.25, -0.2) is 14.8 Å². The maximum absolute atomic E-state index is 14.3. The number of benzene rings is 3. The number of hydrogen-bond acceptors (Lipinski definition) is 13.